The maximum Gasteiger partial charge on any atom is 0.172 e. The molecule has 1 aromatic rings. The maximum absolute atomic E-state index is 12.8. The van der Waals surface area contributed by atoms with Crippen molar-refractivity contribution in [2.75, 3.05) is 7.11 Å². The van der Waals surface area contributed by atoms with Gasteiger partial charge in [-0.3, -0.25) is 4.79 Å². The second-order valence-corrected chi connectivity index (χ2v) is 6.21. The van der Waals surface area contributed by atoms with E-state index < -0.39 is 0 Å². The largest absolute Gasteiger partial charge is 0.496 e. The summed E-state index contributed by atoms with van der Waals surface area (Å²) in [5.74, 6) is 0.898. The summed E-state index contributed by atoms with van der Waals surface area (Å²) in [4.78, 5) is 12.8. The average Bonchev–Trinajstić information content (AvgIpc) is 2.38. The molecule has 0 saturated heterocycles. The maximum atomic E-state index is 12.8. The van der Waals surface area contributed by atoms with Crippen molar-refractivity contribution in [3.05, 3.63) is 28.2 Å². The predicted octanol–water partition coefficient (Wildman–Crippen LogP) is 4.61. The van der Waals surface area contributed by atoms with Gasteiger partial charge in [0.1, 0.15) is 5.75 Å². The number of hydrogen-bond donors (Lipinski definition) is 0. The first-order chi connectivity index (χ1) is 8.57. The molecule has 0 heterocycles. The minimum atomic E-state index is -0.216. The Morgan fingerprint density at radius 1 is 1.28 bits per heavy atom. The number of rotatable bonds is 3. The van der Waals surface area contributed by atoms with Crippen molar-refractivity contribution in [3.63, 3.8) is 0 Å². The van der Waals surface area contributed by atoms with E-state index in [4.69, 9.17) is 4.74 Å². The molecule has 1 aliphatic carbocycles. The highest BCUT2D eigenvalue weighted by Gasteiger charge is 2.36. The zero-order chi connectivity index (χ0) is 13.2. The van der Waals surface area contributed by atoms with Gasteiger partial charge in [0.2, 0.25) is 0 Å². The number of halogens is 1. The molecule has 1 aromatic carbocycles. The first-order valence-electron chi connectivity index (χ1n) is 6.45. The van der Waals surface area contributed by atoms with Gasteiger partial charge in [0.05, 0.1) is 12.7 Å². The fourth-order valence-electron chi connectivity index (χ4n) is 2.74. The number of hydrogen-bond acceptors (Lipinski definition) is 2. The molecule has 18 heavy (non-hydrogen) atoms. The lowest BCUT2D eigenvalue weighted by Crippen LogP contribution is -2.30. The van der Waals surface area contributed by atoms with Gasteiger partial charge in [-0.05, 0) is 31.0 Å². The molecule has 1 aliphatic rings. The quantitative estimate of drug-likeness (QED) is 0.762. The first-order valence-corrected chi connectivity index (χ1v) is 7.24. The van der Waals surface area contributed by atoms with Crippen molar-refractivity contribution < 1.29 is 9.53 Å². The molecule has 0 aromatic heterocycles. The van der Waals surface area contributed by atoms with Crippen LogP contribution >= 0.6 is 15.9 Å². The van der Waals surface area contributed by atoms with Crippen LogP contribution < -0.4 is 4.74 Å². The summed E-state index contributed by atoms with van der Waals surface area (Å²) < 4.78 is 6.24. The highest BCUT2D eigenvalue weighted by Crippen LogP contribution is 2.40. The Kier molecular flexibility index (Phi) is 4.10. The molecule has 1 saturated carbocycles. The van der Waals surface area contributed by atoms with Crippen molar-refractivity contribution in [2.45, 2.75) is 39.0 Å². The third kappa shape index (κ3) is 2.61. The topological polar surface area (TPSA) is 26.3 Å². The molecule has 0 spiro atoms. The van der Waals surface area contributed by atoms with E-state index in [0.717, 1.165) is 30.2 Å². The van der Waals surface area contributed by atoms with Crippen molar-refractivity contribution in [1.82, 2.24) is 0 Å². The Hall–Kier alpha value is -0.830. The van der Waals surface area contributed by atoms with Crippen LogP contribution in [0.4, 0.5) is 0 Å². The molecular weight excluding hydrogens is 292 g/mol. The van der Waals surface area contributed by atoms with Crippen LogP contribution in [-0.4, -0.2) is 12.9 Å². The van der Waals surface area contributed by atoms with Crippen molar-refractivity contribution in [2.24, 2.45) is 5.41 Å². The van der Waals surface area contributed by atoms with E-state index in [2.05, 4.69) is 22.9 Å². The minimum absolute atomic E-state index is 0.216. The normalized spacial score (nSPS) is 18.4. The van der Waals surface area contributed by atoms with E-state index in [1.807, 2.05) is 18.2 Å². The highest BCUT2D eigenvalue weighted by atomic mass is 79.9. The third-order valence-electron chi connectivity index (χ3n) is 3.91. The Balaban J connectivity index is 2.35. The van der Waals surface area contributed by atoms with E-state index in [9.17, 15) is 4.79 Å². The monoisotopic (exact) mass is 310 g/mol. The molecule has 3 heteroatoms. The molecule has 2 rings (SSSR count). The van der Waals surface area contributed by atoms with E-state index in [-0.39, 0.29) is 11.2 Å². The van der Waals surface area contributed by atoms with Crippen LogP contribution in [0.1, 0.15) is 49.4 Å². The SMILES string of the molecule is COc1ccc(Br)cc1C(=O)C1(C)CCCCC1. The van der Waals surface area contributed by atoms with Crippen molar-refractivity contribution >= 4 is 21.7 Å². The zero-order valence-corrected chi connectivity index (χ0v) is 12.5. The molecule has 0 unspecified atom stereocenters. The van der Waals surface area contributed by atoms with Crippen molar-refractivity contribution in [1.29, 1.82) is 0 Å². The summed E-state index contributed by atoms with van der Waals surface area (Å²) in [7, 11) is 1.61. The lowest BCUT2D eigenvalue weighted by Gasteiger charge is -2.32. The second-order valence-electron chi connectivity index (χ2n) is 5.30. The molecular formula is C15H19BrO2. The molecule has 1 fully saturated rings. The molecule has 2 nitrogen and oxygen atoms in total. The number of methoxy groups -OCH3 is 1. The van der Waals surface area contributed by atoms with Gasteiger partial charge < -0.3 is 4.74 Å². The molecule has 0 N–H and O–H groups in total. The van der Waals surface area contributed by atoms with Crippen LogP contribution in [0.5, 0.6) is 5.75 Å². The predicted molar refractivity (Wildman–Crippen MR) is 76.2 cm³/mol. The zero-order valence-electron chi connectivity index (χ0n) is 11.0. The molecule has 0 atom stereocenters. The summed E-state index contributed by atoms with van der Waals surface area (Å²) in [6, 6.07) is 5.63. The number of Topliss-reactive ketones (excluding diaryl/α,β-unsaturated/α-hetero) is 1. The van der Waals surface area contributed by atoms with Crippen LogP contribution in [0.15, 0.2) is 22.7 Å². The van der Waals surface area contributed by atoms with Crippen LogP contribution in [0, 0.1) is 5.41 Å². The van der Waals surface area contributed by atoms with E-state index >= 15 is 0 Å². The Morgan fingerprint density at radius 2 is 1.94 bits per heavy atom. The van der Waals surface area contributed by atoms with Gasteiger partial charge in [-0.25, -0.2) is 0 Å². The standard InChI is InChI=1S/C15H19BrO2/c1-15(8-4-3-5-9-15)14(17)12-10-11(16)6-7-13(12)18-2/h6-7,10H,3-5,8-9H2,1-2H3. The summed E-state index contributed by atoms with van der Waals surface area (Å²) >= 11 is 3.43. The van der Waals surface area contributed by atoms with Crippen molar-refractivity contribution in [3.8, 4) is 5.75 Å². The summed E-state index contributed by atoms with van der Waals surface area (Å²) in [6.45, 7) is 2.09. The average molecular weight is 311 g/mol. The second kappa shape index (κ2) is 5.43. The number of ketones is 1. The Bertz CT molecular complexity index is 448. The van der Waals surface area contributed by atoms with Crippen LogP contribution in [-0.2, 0) is 0 Å². The molecule has 0 aliphatic heterocycles. The fraction of sp³-hybridized carbons (Fsp3) is 0.533. The molecule has 98 valence electrons. The lowest BCUT2D eigenvalue weighted by molar-refractivity contribution is 0.0746. The van der Waals surface area contributed by atoms with E-state index in [1.54, 1.807) is 7.11 Å². The van der Waals surface area contributed by atoms with Gasteiger partial charge in [-0.1, -0.05) is 42.1 Å². The van der Waals surface area contributed by atoms with Gasteiger partial charge >= 0.3 is 0 Å². The number of ether oxygens (including phenoxy) is 1. The molecule has 0 bridgehead atoms. The van der Waals surface area contributed by atoms with Gasteiger partial charge in [0.25, 0.3) is 0 Å². The van der Waals surface area contributed by atoms with Crippen LogP contribution in [0.25, 0.3) is 0 Å². The fourth-order valence-corrected chi connectivity index (χ4v) is 3.10. The van der Waals surface area contributed by atoms with Gasteiger partial charge in [-0.2, -0.15) is 0 Å². The smallest absolute Gasteiger partial charge is 0.172 e. The first kappa shape index (κ1) is 13.6. The summed E-state index contributed by atoms with van der Waals surface area (Å²) in [5, 5.41) is 0. The lowest BCUT2D eigenvalue weighted by atomic mass is 9.71. The van der Waals surface area contributed by atoms with Gasteiger partial charge in [0, 0.05) is 9.89 Å². The van der Waals surface area contributed by atoms with Gasteiger partial charge in [0.15, 0.2) is 5.78 Å². The van der Waals surface area contributed by atoms with E-state index in [0.29, 0.717) is 11.3 Å². The number of benzene rings is 1. The Morgan fingerprint density at radius 3 is 2.56 bits per heavy atom. The number of carbonyl (C=O) groups excluding carboxylic acids is 1. The summed E-state index contributed by atoms with van der Waals surface area (Å²) in [5.41, 5.74) is 0.489. The number of carbonyl (C=O) groups is 1. The van der Waals surface area contributed by atoms with Gasteiger partial charge in [-0.15, -0.1) is 0 Å². The highest BCUT2D eigenvalue weighted by molar-refractivity contribution is 9.10. The minimum Gasteiger partial charge on any atom is -0.496 e. The summed E-state index contributed by atoms with van der Waals surface area (Å²) in [6.07, 6.45) is 5.53. The third-order valence-corrected chi connectivity index (χ3v) is 4.40. The molecule has 0 radical (unpaired) electrons. The van der Waals surface area contributed by atoms with Crippen LogP contribution in [0.3, 0.4) is 0 Å². The Labute approximate surface area is 117 Å². The molecule has 0 amide bonds. The van der Waals surface area contributed by atoms with Crippen LogP contribution in [0.2, 0.25) is 0 Å². The van der Waals surface area contributed by atoms with E-state index in [1.165, 1.54) is 6.42 Å².